The molecule has 3 aromatic heterocycles. The first-order valence-electron chi connectivity index (χ1n) is 13.6. The van der Waals surface area contributed by atoms with Gasteiger partial charge in [-0.2, -0.15) is 5.56 Å². The quantitative estimate of drug-likeness (QED) is 0.132. The number of pyridine rings is 2. The third-order valence-corrected chi connectivity index (χ3v) is 6.13. The van der Waals surface area contributed by atoms with Crippen LogP contribution < -0.4 is 5.10 Å². The molecule has 243 valence electrons. The van der Waals surface area contributed by atoms with E-state index < -0.39 is 34.9 Å². The number of benzene rings is 4. The number of hydrogen-bond acceptors (Lipinski definition) is 4. The summed E-state index contributed by atoms with van der Waals surface area (Å²) in [6.07, 6.45) is 3.10. The molecule has 12 heteroatoms. The van der Waals surface area contributed by atoms with Gasteiger partial charge >= 0.3 is 0 Å². The van der Waals surface area contributed by atoms with Crippen LogP contribution in [0.3, 0.4) is 0 Å². The van der Waals surface area contributed by atoms with Gasteiger partial charge in [0.1, 0.15) is 11.6 Å². The molecule has 4 aromatic carbocycles. The van der Waals surface area contributed by atoms with Crippen LogP contribution in [0, 0.1) is 53.1 Å². The van der Waals surface area contributed by atoms with E-state index in [-0.39, 0.29) is 42.6 Å². The molecule has 0 atom stereocenters. The Balaban J connectivity index is 0.000000164. The Labute approximate surface area is 284 Å². The Kier molecular flexibility index (Phi) is 12.5. The Morgan fingerprint density at radius 2 is 1.12 bits per heavy atom. The van der Waals surface area contributed by atoms with Crippen LogP contribution in [-0.4, -0.2) is 20.1 Å². The minimum absolute atomic E-state index is 0. The van der Waals surface area contributed by atoms with Crippen LogP contribution in [0.5, 0.6) is 0 Å². The standard InChI is InChI=1S/C14H7F2N3.2C11H6F2N.Ir/c15-10-6-7-11(12(16)8-10)14-17-13(18-19-14)9-4-2-1-3-5-9;2*12-8-4-5-9(10(13)7-8)11-3-1-2-6-14-11;/h1-4,6-8H;2*1-4,6-7H;/q-2;2*-1;. The molecule has 0 saturated carbocycles. The van der Waals surface area contributed by atoms with Crippen molar-refractivity contribution in [2.75, 3.05) is 0 Å². The molecule has 3 heterocycles. The van der Waals surface area contributed by atoms with E-state index in [1.165, 1.54) is 6.07 Å². The molecule has 1 radical (unpaired) electrons. The summed E-state index contributed by atoms with van der Waals surface area (Å²) in [6.45, 7) is 0. The largest absolute Gasteiger partial charge is 0.466 e. The molecule has 7 aromatic rings. The van der Waals surface area contributed by atoms with Gasteiger partial charge in [0.25, 0.3) is 0 Å². The first-order valence-corrected chi connectivity index (χ1v) is 13.6. The van der Waals surface area contributed by atoms with Crippen molar-refractivity contribution in [3.05, 3.63) is 169 Å². The number of nitrogens with zero attached hydrogens (tertiary/aromatic N) is 5. The van der Waals surface area contributed by atoms with Gasteiger partial charge in [0, 0.05) is 67.4 Å². The summed E-state index contributed by atoms with van der Waals surface area (Å²) in [7, 11) is 0. The van der Waals surface area contributed by atoms with Crippen LogP contribution in [0.25, 0.3) is 45.3 Å². The molecule has 0 saturated heterocycles. The minimum Gasteiger partial charge on any atom is -0.466 e. The van der Waals surface area contributed by atoms with E-state index in [1.54, 1.807) is 60.9 Å². The smallest absolute Gasteiger partial charge is 0.135 e. The maximum absolute atomic E-state index is 13.6. The van der Waals surface area contributed by atoms with Gasteiger partial charge in [-0.1, -0.05) is 47.5 Å². The fraction of sp³-hybridized carbons (Fsp3) is 0. The van der Waals surface area contributed by atoms with E-state index in [1.807, 2.05) is 12.1 Å². The molecule has 7 rings (SSSR count). The number of hydrogen-bond donors (Lipinski definition) is 0. The fourth-order valence-corrected chi connectivity index (χ4v) is 3.97. The van der Waals surface area contributed by atoms with Crippen molar-refractivity contribution in [3.63, 3.8) is 0 Å². The van der Waals surface area contributed by atoms with Crippen molar-refractivity contribution in [2.24, 2.45) is 0 Å². The Morgan fingerprint density at radius 3 is 1.60 bits per heavy atom. The van der Waals surface area contributed by atoms with E-state index in [4.69, 9.17) is 0 Å². The van der Waals surface area contributed by atoms with E-state index in [9.17, 15) is 26.3 Å². The predicted octanol–water partition coefficient (Wildman–Crippen LogP) is 8.50. The Morgan fingerprint density at radius 1 is 0.562 bits per heavy atom. The van der Waals surface area contributed by atoms with Crippen molar-refractivity contribution < 1.29 is 46.4 Å². The van der Waals surface area contributed by atoms with Crippen LogP contribution in [0.15, 0.2) is 116 Å². The summed E-state index contributed by atoms with van der Waals surface area (Å²) in [6, 6.07) is 32.4. The topological polar surface area (TPSA) is 65.7 Å². The fourth-order valence-electron chi connectivity index (χ4n) is 3.97. The summed E-state index contributed by atoms with van der Waals surface area (Å²) in [4.78, 5) is 12.0. The third-order valence-electron chi connectivity index (χ3n) is 6.13. The SMILES string of the molecule is Fc1c[c-]c(-c2ccccn2)c(F)c1.Fc1c[c-]c(-c2ccccn2)c(F)c1.Fc1ccc(-c2n[n-]c(-c3[c-]cccc3)n2)c(F)c1.[Ir]. The molecule has 0 N–H and O–H groups in total. The first-order chi connectivity index (χ1) is 22.8. The molecule has 0 bridgehead atoms. The molecule has 0 unspecified atom stereocenters. The van der Waals surface area contributed by atoms with Crippen molar-refractivity contribution in [3.8, 4) is 45.3 Å². The van der Waals surface area contributed by atoms with Gasteiger partial charge < -0.3 is 20.1 Å². The van der Waals surface area contributed by atoms with E-state index >= 15 is 0 Å². The van der Waals surface area contributed by atoms with Gasteiger partial charge in [-0.3, -0.25) is 22.7 Å². The summed E-state index contributed by atoms with van der Waals surface area (Å²) < 4.78 is 78.0. The van der Waals surface area contributed by atoms with Gasteiger partial charge in [-0.05, 0) is 35.7 Å². The van der Waals surface area contributed by atoms with Crippen LogP contribution in [0.1, 0.15) is 0 Å². The maximum atomic E-state index is 13.6. The van der Waals surface area contributed by atoms with Crippen LogP contribution in [0.4, 0.5) is 26.3 Å². The summed E-state index contributed by atoms with van der Waals surface area (Å²) in [5, 5.41) is 7.68. The molecule has 0 fully saturated rings. The maximum Gasteiger partial charge on any atom is 0.135 e. The van der Waals surface area contributed by atoms with Gasteiger partial charge in [-0.25, -0.2) is 8.78 Å². The summed E-state index contributed by atoms with van der Waals surface area (Å²) in [5.74, 6) is -3.44. The van der Waals surface area contributed by atoms with Crippen LogP contribution >= 0.6 is 0 Å². The molecule has 0 aliphatic rings. The monoisotopic (exact) mass is 828 g/mol. The zero-order valence-electron chi connectivity index (χ0n) is 24.3. The first kappa shape index (κ1) is 35.4. The predicted molar refractivity (Wildman–Crippen MR) is 162 cm³/mol. The number of halogens is 6. The van der Waals surface area contributed by atoms with Crippen molar-refractivity contribution in [2.45, 2.75) is 0 Å². The average molecular weight is 828 g/mol. The van der Waals surface area contributed by atoms with Gasteiger partial charge in [0.15, 0.2) is 0 Å². The van der Waals surface area contributed by atoms with Gasteiger partial charge in [0.05, 0.1) is 5.82 Å². The second kappa shape index (κ2) is 16.9. The molecule has 0 spiro atoms. The zero-order chi connectivity index (χ0) is 33.2. The molecule has 0 aliphatic heterocycles. The van der Waals surface area contributed by atoms with E-state index in [0.29, 0.717) is 22.8 Å². The number of aromatic nitrogens is 5. The van der Waals surface area contributed by atoms with E-state index in [0.717, 1.165) is 36.4 Å². The molecule has 0 aliphatic carbocycles. The average Bonchev–Trinajstić information content (AvgIpc) is 3.57. The normalized spacial score (nSPS) is 10.1. The van der Waals surface area contributed by atoms with Gasteiger partial charge in [-0.15, -0.1) is 60.4 Å². The van der Waals surface area contributed by atoms with Crippen molar-refractivity contribution in [1.82, 2.24) is 25.1 Å². The second-order valence-electron chi connectivity index (χ2n) is 9.37. The molecule has 48 heavy (non-hydrogen) atoms. The van der Waals surface area contributed by atoms with Crippen molar-refractivity contribution >= 4 is 0 Å². The molecular weight excluding hydrogens is 809 g/mol. The molecule has 5 nitrogen and oxygen atoms in total. The summed E-state index contributed by atoms with van der Waals surface area (Å²) in [5.41, 5.74) is 2.06. The third kappa shape index (κ3) is 9.31. The second-order valence-corrected chi connectivity index (χ2v) is 9.37. The Bertz CT molecular complexity index is 1980. The molecule has 0 amide bonds. The summed E-state index contributed by atoms with van der Waals surface area (Å²) >= 11 is 0. The zero-order valence-corrected chi connectivity index (χ0v) is 26.7. The Hall–Kier alpha value is -5.45. The van der Waals surface area contributed by atoms with E-state index in [2.05, 4.69) is 43.3 Å². The minimum atomic E-state index is -0.712. The van der Waals surface area contributed by atoms with Crippen LogP contribution in [-0.2, 0) is 20.1 Å². The van der Waals surface area contributed by atoms with Crippen LogP contribution in [0.2, 0.25) is 0 Å². The number of rotatable bonds is 4. The van der Waals surface area contributed by atoms with Crippen molar-refractivity contribution in [1.29, 1.82) is 0 Å². The van der Waals surface area contributed by atoms with Gasteiger partial charge in [0.2, 0.25) is 0 Å². The molecular formula is C36H19F6IrN5-4.